The van der Waals surface area contributed by atoms with E-state index in [4.69, 9.17) is 0 Å². The number of nitrogens with one attached hydrogen (secondary N) is 1. The average molecular weight is 252 g/mol. The first kappa shape index (κ1) is 11.3. The molecule has 0 saturated carbocycles. The summed E-state index contributed by atoms with van der Waals surface area (Å²) in [6, 6.07) is 7.61. The molecule has 0 fully saturated rings. The highest BCUT2D eigenvalue weighted by molar-refractivity contribution is 5.43. The number of nitrogens with zero attached hydrogens (tertiary/aromatic N) is 5. The lowest BCUT2D eigenvalue weighted by Gasteiger charge is -2.06. The van der Waals surface area contributed by atoms with E-state index in [-0.39, 0.29) is 0 Å². The molecule has 0 bridgehead atoms. The van der Waals surface area contributed by atoms with Crippen molar-refractivity contribution in [1.82, 2.24) is 24.7 Å². The molecule has 3 aromatic heterocycles. The van der Waals surface area contributed by atoms with Crippen LogP contribution in [0.4, 0.5) is 5.69 Å². The van der Waals surface area contributed by atoms with Gasteiger partial charge in [-0.25, -0.2) is 19.6 Å². The van der Waals surface area contributed by atoms with Crippen molar-refractivity contribution in [1.29, 1.82) is 0 Å². The van der Waals surface area contributed by atoms with Crippen molar-refractivity contribution in [2.24, 2.45) is 0 Å². The summed E-state index contributed by atoms with van der Waals surface area (Å²) in [5.41, 5.74) is 1.88. The minimum Gasteiger partial charge on any atom is -0.378 e. The Bertz CT molecular complexity index is 618. The smallest absolute Gasteiger partial charge is 0.153 e. The van der Waals surface area contributed by atoms with Crippen molar-refractivity contribution in [3.8, 4) is 5.82 Å². The van der Waals surface area contributed by atoms with Crippen molar-refractivity contribution in [3.05, 3.63) is 61.1 Å². The topological polar surface area (TPSA) is 68.5 Å². The third kappa shape index (κ3) is 2.74. The van der Waals surface area contributed by atoms with E-state index in [1.54, 1.807) is 23.3 Å². The molecule has 0 amide bonds. The van der Waals surface area contributed by atoms with Crippen molar-refractivity contribution in [2.75, 3.05) is 5.32 Å². The van der Waals surface area contributed by atoms with Gasteiger partial charge in [0, 0.05) is 18.6 Å². The van der Waals surface area contributed by atoms with E-state index in [2.05, 4.69) is 25.4 Å². The fraction of sp³-hybridized carbons (Fsp3) is 0.0769. The highest BCUT2D eigenvalue weighted by Gasteiger charge is 1.99. The predicted octanol–water partition coefficient (Wildman–Crippen LogP) is 1.67. The second-order valence-corrected chi connectivity index (χ2v) is 3.91. The van der Waals surface area contributed by atoms with E-state index >= 15 is 0 Å². The normalized spacial score (nSPS) is 10.3. The van der Waals surface area contributed by atoms with Crippen LogP contribution in [0.3, 0.4) is 0 Å². The first-order valence-electron chi connectivity index (χ1n) is 5.87. The molecule has 3 aromatic rings. The molecule has 0 spiro atoms. The minimum atomic E-state index is 0.644. The zero-order valence-electron chi connectivity index (χ0n) is 10.1. The van der Waals surface area contributed by atoms with Gasteiger partial charge in [-0.05, 0) is 24.3 Å². The Hall–Kier alpha value is -2.76. The summed E-state index contributed by atoms with van der Waals surface area (Å²) >= 11 is 0. The lowest BCUT2D eigenvalue weighted by Crippen LogP contribution is -2.03. The van der Waals surface area contributed by atoms with Crippen LogP contribution < -0.4 is 5.32 Å². The molecule has 6 heteroatoms. The van der Waals surface area contributed by atoms with Gasteiger partial charge in [0.25, 0.3) is 0 Å². The molecule has 0 aliphatic carbocycles. The second kappa shape index (κ2) is 5.26. The Labute approximate surface area is 110 Å². The number of aromatic nitrogens is 5. The third-order valence-electron chi connectivity index (χ3n) is 2.60. The molecule has 3 rings (SSSR count). The molecule has 0 aliphatic rings. The van der Waals surface area contributed by atoms with Crippen LogP contribution in [0, 0.1) is 0 Å². The summed E-state index contributed by atoms with van der Waals surface area (Å²) in [6.45, 7) is 0.644. The van der Waals surface area contributed by atoms with Crippen LogP contribution in [0.2, 0.25) is 0 Å². The Kier molecular flexibility index (Phi) is 3.14. The highest BCUT2D eigenvalue weighted by Crippen LogP contribution is 2.09. The monoisotopic (exact) mass is 252 g/mol. The maximum atomic E-state index is 4.34. The Balaban J connectivity index is 1.67. The van der Waals surface area contributed by atoms with E-state index in [1.165, 1.54) is 6.33 Å². The standard InChI is InChI=1S/C13H12N6/c1-5-18-19(7-1)13-3-2-11(9-16-13)15-8-12-4-6-14-10-17-12/h1-7,9-10,15H,8H2. The van der Waals surface area contributed by atoms with Gasteiger partial charge in [-0.3, -0.25) is 0 Å². The van der Waals surface area contributed by atoms with Crippen LogP contribution in [-0.4, -0.2) is 24.7 Å². The summed E-state index contributed by atoms with van der Waals surface area (Å²) in [6.07, 6.45) is 8.62. The van der Waals surface area contributed by atoms with Gasteiger partial charge in [0.2, 0.25) is 0 Å². The van der Waals surface area contributed by atoms with E-state index in [9.17, 15) is 0 Å². The van der Waals surface area contributed by atoms with Crippen molar-refractivity contribution in [3.63, 3.8) is 0 Å². The van der Waals surface area contributed by atoms with E-state index in [0.717, 1.165) is 17.2 Å². The molecule has 0 saturated heterocycles. The molecular weight excluding hydrogens is 240 g/mol. The van der Waals surface area contributed by atoms with Gasteiger partial charge in [-0.1, -0.05) is 0 Å². The third-order valence-corrected chi connectivity index (χ3v) is 2.60. The number of anilines is 1. The van der Waals surface area contributed by atoms with Gasteiger partial charge in [0.1, 0.15) is 6.33 Å². The van der Waals surface area contributed by atoms with Gasteiger partial charge >= 0.3 is 0 Å². The summed E-state index contributed by atoms with van der Waals surface area (Å²) in [5, 5.41) is 7.38. The van der Waals surface area contributed by atoms with Gasteiger partial charge in [0.15, 0.2) is 5.82 Å². The van der Waals surface area contributed by atoms with Crippen molar-refractivity contribution >= 4 is 5.69 Å². The lowest BCUT2D eigenvalue weighted by atomic mass is 10.3. The fourth-order valence-electron chi connectivity index (χ4n) is 1.65. The van der Waals surface area contributed by atoms with Gasteiger partial charge in [0.05, 0.1) is 24.1 Å². The fourth-order valence-corrected chi connectivity index (χ4v) is 1.65. The number of hydrogen-bond acceptors (Lipinski definition) is 5. The zero-order valence-corrected chi connectivity index (χ0v) is 10.1. The van der Waals surface area contributed by atoms with Crippen LogP contribution in [0.1, 0.15) is 5.69 Å². The van der Waals surface area contributed by atoms with Crippen LogP contribution in [0.15, 0.2) is 55.4 Å². The van der Waals surface area contributed by atoms with Crippen LogP contribution >= 0.6 is 0 Å². The van der Waals surface area contributed by atoms with Gasteiger partial charge < -0.3 is 5.32 Å². The molecular formula is C13H12N6. The van der Waals surface area contributed by atoms with Crippen LogP contribution in [0.5, 0.6) is 0 Å². The number of pyridine rings is 1. The Morgan fingerprint density at radius 1 is 1.11 bits per heavy atom. The first-order valence-corrected chi connectivity index (χ1v) is 5.87. The summed E-state index contributed by atoms with van der Waals surface area (Å²) in [4.78, 5) is 12.4. The lowest BCUT2D eigenvalue weighted by molar-refractivity contribution is 0.846. The zero-order chi connectivity index (χ0) is 12.9. The predicted molar refractivity (Wildman–Crippen MR) is 70.7 cm³/mol. The largest absolute Gasteiger partial charge is 0.378 e. The average Bonchev–Trinajstić information content (AvgIpc) is 3.01. The molecule has 3 heterocycles. The maximum Gasteiger partial charge on any atom is 0.153 e. The SMILES string of the molecule is c1cnn(-c2ccc(NCc3ccncn3)cn2)c1. The number of rotatable bonds is 4. The summed E-state index contributed by atoms with van der Waals surface area (Å²) in [5.74, 6) is 0.789. The minimum absolute atomic E-state index is 0.644. The second-order valence-electron chi connectivity index (χ2n) is 3.91. The molecule has 6 nitrogen and oxygen atoms in total. The molecule has 19 heavy (non-hydrogen) atoms. The highest BCUT2D eigenvalue weighted by atomic mass is 15.3. The van der Waals surface area contributed by atoms with E-state index < -0.39 is 0 Å². The van der Waals surface area contributed by atoms with Crippen LogP contribution in [-0.2, 0) is 6.54 Å². The molecule has 1 N–H and O–H groups in total. The summed E-state index contributed by atoms with van der Waals surface area (Å²) in [7, 11) is 0. The van der Waals surface area contributed by atoms with Crippen molar-refractivity contribution in [2.45, 2.75) is 6.54 Å². The van der Waals surface area contributed by atoms with Gasteiger partial charge in [-0.2, -0.15) is 5.10 Å². The van der Waals surface area contributed by atoms with Gasteiger partial charge in [-0.15, -0.1) is 0 Å². The van der Waals surface area contributed by atoms with E-state index in [0.29, 0.717) is 6.54 Å². The molecule has 0 aromatic carbocycles. The summed E-state index contributed by atoms with van der Waals surface area (Å²) < 4.78 is 1.72. The quantitative estimate of drug-likeness (QED) is 0.765. The molecule has 0 unspecified atom stereocenters. The molecule has 0 atom stereocenters. The Morgan fingerprint density at radius 3 is 2.79 bits per heavy atom. The maximum absolute atomic E-state index is 4.34. The number of hydrogen-bond donors (Lipinski definition) is 1. The molecule has 0 radical (unpaired) electrons. The first-order chi connectivity index (χ1) is 9.42. The van der Waals surface area contributed by atoms with Crippen molar-refractivity contribution < 1.29 is 0 Å². The molecule has 94 valence electrons. The van der Waals surface area contributed by atoms with Crippen LogP contribution in [0.25, 0.3) is 5.82 Å². The molecule has 0 aliphatic heterocycles. The van der Waals surface area contributed by atoms with E-state index in [1.807, 2.05) is 30.5 Å². The Morgan fingerprint density at radius 2 is 2.11 bits per heavy atom.